The molecule has 0 aromatic carbocycles. The maximum Gasteiger partial charge on any atom is 0.305 e. The van der Waals surface area contributed by atoms with Gasteiger partial charge in [-0.15, -0.1) is 0 Å². The van der Waals surface area contributed by atoms with Crippen molar-refractivity contribution in [2.75, 3.05) is 13.2 Å². The lowest BCUT2D eigenvalue weighted by Gasteiger charge is -2.22. The standard InChI is InChI=1S/C80H155NO5/c1-3-5-7-9-11-13-15-17-19-21-37-41-44-48-52-56-60-64-68-72-78(83)77(76-82)81-79(84)73-69-65-61-57-53-49-45-42-38-35-33-31-29-27-25-23-22-24-26-28-30-32-34-36-39-43-47-51-55-59-63-67-71-75-86-80(85)74-70-66-62-58-54-50-46-40-20-18-16-14-12-10-8-6-4-2/h26,28,32,34,77-78,82-83H,3-25,27,29-31,33,35-76H2,1-2H3,(H,81,84)/b28-26-,34-32-. The lowest BCUT2D eigenvalue weighted by molar-refractivity contribution is -0.143. The molecule has 2 unspecified atom stereocenters. The molecule has 0 radical (unpaired) electrons. The highest BCUT2D eigenvalue weighted by Crippen LogP contribution is 2.20. The lowest BCUT2D eigenvalue weighted by Crippen LogP contribution is -2.45. The van der Waals surface area contributed by atoms with Crippen molar-refractivity contribution < 1.29 is 24.5 Å². The Morgan fingerprint density at radius 2 is 0.581 bits per heavy atom. The monoisotopic (exact) mass is 1210 g/mol. The third-order valence-corrected chi connectivity index (χ3v) is 18.8. The summed E-state index contributed by atoms with van der Waals surface area (Å²) in [6, 6.07) is -0.541. The molecule has 0 fully saturated rings. The Bertz CT molecular complexity index is 1350. The number of hydrogen-bond donors (Lipinski definition) is 3. The van der Waals surface area contributed by atoms with Crippen LogP contribution in [-0.4, -0.2) is 47.4 Å². The van der Waals surface area contributed by atoms with Gasteiger partial charge in [0.1, 0.15) is 0 Å². The first-order chi connectivity index (χ1) is 42.5. The third-order valence-electron chi connectivity index (χ3n) is 18.8. The van der Waals surface area contributed by atoms with Crippen molar-refractivity contribution in [1.82, 2.24) is 5.32 Å². The SMILES string of the molecule is CCCCCCCCCCCCCCCCCCCCCC(O)C(CO)NC(=O)CCCCCCCCCCCCCCCCCCC/C=C\C/C=C\CCCCCCCCCCCOC(=O)CCCCCCCCCCCCCCCCCCC. The minimum atomic E-state index is -0.664. The van der Waals surface area contributed by atoms with Crippen molar-refractivity contribution in [2.24, 2.45) is 0 Å². The normalized spacial score (nSPS) is 12.6. The molecule has 0 aliphatic heterocycles. The molecule has 0 saturated carbocycles. The molecule has 6 nitrogen and oxygen atoms in total. The molecule has 3 N–H and O–H groups in total. The number of aliphatic hydroxyl groups is 2. The summed E-state index contributed by atoms with van der Waals surface area (Å²) in [4.78, 5) is 24.7. The number of carbonyl (C=O) groups is 2. The fourth-order valence-electron chi connectivity index (χ4n) is 12.7. The van der Waals surface area contributed by atoms with E-state index in [-0.39, 0.29) is 18.5 Å². The predicted molar refractivity (Wildman–Crippen MR) is 380 cm³/mol. The number of nitrogens with one attached hydrogen (secondary N) is 1. The van der Waals surface area contributed by atoms with E-state index in [1.807, 2.05) is 0 Å². The van der Waals surface area contributed by atoms with Crippen molar-refractivity contribution in [3.05, 3.63) is 24.3 Å². The third kappa shape index (κ3) is 71.4. The Balaban J connectivity index is 3.36. The van der Waals surface area contributed by atoms with Gasteiger partial charge in [0.2, 0.25) is 5.91 Å². The Hall–Kier alpha value is -1.66. The summed E-state index contributed by atoms with van der Waals surface area (Å²) >= 11 is 0. The lowest BCUT2D eigenvalue weighted by atomic mass is 10.0. The second-order valence-electron chi connectivity index (χ2n) is 27.4. The van der Waals surface area contributed by atoms with E-state index >= 15 is 0 Å². The van der Waals surface area contributed by atoms with Crippen LogP contribution >= 0.6 is 0 Å². The maximum absolute atomic E-state index is 12.6. The second-order valence-corrected chi connectivity index (χ2v) is 27.4. The van der Waals surface area contributed by atoms with Gasteiger partial charge in [0.15, 0.2) is 0 Å². The van der Waals surface area contributed by atoms with Gasteiger partial charge in [0, 0.05) is 12.8 Å². The zero-order valence-corrected chi connectivity index (χ0v) is 58.6. The largest absolute Gasteiger partial charge is 0.466 e. The van der Waals surface area contributed by atoms with Crippen LogP contribution in [0.3, 0.4) is 0 Å². The van der Waals surface area contributed by atoms with Crippen molar-refractivity contribution in [3.8, 4) is 0 Å². The molecule has 0 bridgehead atoms. The van der Waals surface area contributed by atoms with Crippen LogP contribution in [0.15, 0.2) is 24.3 Å². The van der Waals surface area contributed by atoms with E-state index in [9.17, 15) is 19.8 Å². The number of unbranched alkanes of at least 4 members (excludes halogenated alkanes) is 60. The molecule has 0 spiro atoms. The van der Waals surface area contributed by atoms with Gasteiger partial charge in [0.25, 0.3) is 0 Å². The van der Waals surface area contributed by atoms with Crippen molar-refractivity contribution >= 4 is 11.9 Å². The van der Waals surface area contributed by atoms with E-state index in [1.54, 1.807) is 0 Å². The minimum Gasteiger partial charge on any atom is -0.466 e. The van der Waals surface area contributed by atoms with Crippen LogP contribution in [-0.2, 0) is 14.3 Å². The van der Waals surface area contributed by atoms with Crippen LogP contribution in [0, 0.1) is 0 Å². The summed E-state index contributed by atoms with van der Waals surface area (Å²) in [6.07, 6.45) is 97.0. The first kappa shape index (κ1) is 84.3. The minimum absolute atomic E-state index is 0.0192. The fraction of sp³-hybridized carbons (Fsp3) is 0.925. The topological polar surface area (TPSA) is 95.9 Å². The highest BCUT2D eigenvalue weighted by molar-refractivity contribution is 5.76. The molecule has 0 aliphatic carbocycles. The average molecular weight is 1210 g/mol. The Morgan fingerprint density at radius 3 is 0.884 bits per heavy atom. The molecule has 0 rings (SSSR count). The molecule has 0 saturated heterocycles. The van der Waals surface area contributed by atoms with Crippen LogP contribution in [0.1, 0.15) is 450 Å². The van der Waals surface area contributed by atoms with Crippen molar-refractivity contribution in [2.45, 2.75) is 463 Å². The van der Waals surface area contributed by atoms with Gasteiger partial charge in [-0.2, -0.15) is 0 Å². The van der Waals surface area contributed by atoms with Crippen LogP contribution in [0.5, 0.6) is 0 Å². The summed E-state index contributed by atoms with van der Waals surface area (Å²) < 4.78 is 5.51. The smallest absolute Gasteiger partial charge is 0.305 e. The summed E-state index contributed by atoms with van der Waals surface area (Å²) in [5, 5.41) is 23.4. The van der Waals surface area contributed by atoms with E-state index in [0.717, 1.165) is 44.9 Å². The molecule has 0 aromatic rings. The molecule has 0 aliphatic rings. The van der Waals surface area contributed by atoms with Gasteiger partial charge in [-0.1, -0.05) is 404 Å². The first-order valence-corrected chi connectivity index (χ1v) is 39.6. The quantitative estimate of drug-likeness (QED) is 0.0320. The highest BCUT2D eigenvalue weighted by Gasteiger charge is 2.20. The van der Waals surface area contributed by atoms with Gasteiger partial charge in [-0.3, -0.25) is 9.59 Å². The predicted octanol–water partition coefficient (Wildman–Crippen LogP) is 26.0. The summed E-state index contributed by atoms with van der Waals surface area (Å²) in [6.45, 7) is 5.01. The van der Waals surface area contributed by atoms with Gasteiger partial charge in [-0.05, 0) is 57.8 Å². The number of aliphatic hydroxyl groups excluding tert-OH is 2. The second kappa shape index (κ2) is 75.8. The number of carbonyl (C=O) groups excluding carboxylic acids is 2. The number of esters is 1. The zero-order chi connectivity index (χ0) is 62.0. The van der Waals surface area contributed by atoms with Gasteiger partial charge >= 0.3 is 5.97 Å². The van der Waals surface area contributed by atoms with Gasteiger partial charge < -0.3 is 20.3 Å². The van der Waals surface area contributed by atoms with Crippen LogP contribution < -0.4 is 5.32 Å². The first-order valence-electron chi connectivity index (χ1n) is 39.6. The van der Waals surface area contributed by atoms with E-state index in [2.05, 4.69) is 43.5 Å². The molecular formula is C80H155NO5. The molecule has 510 valence electrons. The number of hydrogen-bond acceptors (Lipinski definition) is 5. The van der Waals surface area contributed by atoms with E-state index < -0.39 is 12.1 Å². The number of allylic oxidation sites excluding steroid dienone is 4. The number of amides is 1. The Kier molecular flexibility index (Phi) is 74.3. The molecule has 0 heterocycles. The molecule has 0 aromatic heterocycles. The zero-order valence-electron chi connectivity index (χ0n) is 58.6. The number of rotatable bonds is 75. The summed E-state index contributed by atoms with van der Waals surface area (Å²) in [7, 11) is 0. The van der Waals surface area contributed by atoms with Crippen LogP contribution in [0.2, 0.25) is 0 Å². The number of ether oxygens (including phenoxy) is 1. The molecule has 1 amide bonds. The van der Waals surface area contributed by atoms with Gasteiger partial charge in [-0.25, -0.2) is 0 Å². The van der Waals surface area contributed by atoms with Gasteiger partial charge in [0.05, 0.1) is 25.4 Å². The Labute approximate surface area is 539 Å². The average Bonchev–Trinajstić information content (AvgIpc) is 3.57. The summed E-state index contributed by atoms with van der Waals surface area (Å²) in [5.74, 6) is -0.00911. The van der Waals surface area contributed by atoms with Crippen LogP contribution in [0.25, 0.3) is 0 Å². The fourth-order valence-corrected chi connectivity index (χ4v) is 12.7. The molecular weight excluding hydrogens is 1050 g/mol. The molecule has 6 heteroatoms. The summed E-state index contributed by atoms with van der Waals surface area (Å²) in [5.41, 5.74) is 0. The maximum atomic E-state index is 12.6. The molecule has 2 atom stereocenters. The van der Waals surface area contributed by atoms with E-state index in [0.29, 0.717) is 25.9 Å². The van der Waals surface area contributed by atoms with Crippen molar-refractivity contribution in [3.63, 3.8) is 0 Å². The van der Waals surface area contributed by atoms with E-state index in [4.69, 9.17) is 4.74 Å². The molecule has 86 heavy (non-hydrogen) atoms. The van der Waals surface area contributed by atoms with Crippen molar-refractivity contribution in [1.29, 1.82) is 0 Å². The van der Waals surface area contributed by atoms with E-state index in [1.165, 1.54) is 372 Å². The highest BCUT2D eigenvalue weighted by atomic mass is 16.5. The van der Waals surface area contributed by atoms with Crippen LogP contribution in [0.4, 0.5) is 0 Å². The Morgan fingerprint density at radius 1 is 0.326 bits per heavy atom.